The summed E-state index contributed by atoms with van der Waals surface area (Å²) in [7, 11) is 0. The number of aromatic nitrogens is 3. The van der Waals surface area contributed by atoms with Gasteiger partial charge in [-0.05, 0) is 48.4 Å². The summed E-state index contributed by atoms with van der Waals surface area (Å²) in [4.78, 5) is 52.0. The van der Waals surface area contributed by atoms with E-state index in [0.717, 1.165) is 11.6 Å². The molecule has 0 fully saturated rings. The molecular formula is C23H18FN5O6. The number of carbonyl (C=O) groups excluding carboxylic acids is 1. The number of benzene rings is 2. The zero-order chi connectivity index (χ0) is 25.1. The fourth-order valence-electron chi connectivity index (χ4n) is 3.37. The number of hydrogen-bond donors (Lipinski definition) is 5. The summed E-state index contributed by atoms with van der Waals surface area (Å²) in [5.74, 6) is -3.20. The smallest absolute Gasteiger partial charge is 0.360 e. The van der Waals surface area contributed by atoms with E-state index >= 15 is 0 Å². The van der Waals surface area contributed by atoms with Crippen LogP contribution in [0.5, 0.6) is 0 Å². The van der Waals surface area contributed by atoms with Crippen molar-refractivity contribution < 1.29 is 29.0 Å². The Labute approximate surface area is 195 Å². The van der Waals surface area contributed by atoms with Crippen molar-refractivity contribution in [2.75, 3.05) is 11.9 Å². The number of aromatic amines is 1. The van der Waals surface area contributed by atoms with Gasteiger partial charge < -0.3 is 30.4 Å². The lowest BCUT2D eigenvalue weighted by Crippen LogP contribution is -2.30. The van der Waals surface area contributed by atoms with Crippen LogP contribution in [0.15, 0.2) is 59.7 Å². The van der Waals surface area contributed by atoms with Gasteiger partial charge >= 0.3 is 18.0 Å². The van der Waals surface area contributed by atoms with Crippen LogP contribution in [0.1, 0.15) is 26.4 Å². The summed E-state index contributed by atoms with van der Waals surface area (Å²) in [6.07, 6.45) is 3.69. The molecule has 0 saturated carbocycles. The van der Waals surface area contributed by atoms with Crippen LogP contribution in [0.3, 0.4) is 0 Å². The number of hydrogen-bond acceptors (Lipinski definition) is 5. The second-order valence-corrected chi connectivity index (χ2v) is 7.48. The molecule has 0 saturated heterocycles. The number of carboxylic acid groups (broad SMARTS) is 2. The van der Waals surface area contributed by atoms with Gasteiger partial charge in [-0.1, -0.05) is 0 Å². The van der Waals surface area contributed by atoms with Crippen LogP contribution in [0.4, 0.5) is 14.9 Å². The third-order valence-electron chi connectivity index (χ3n) is 5.08. The summed E-state index contributed by atoms with van der Waals surface area (Å²) in [5.41, 5.74) is 0.0111. The van der Waals surface area contributed by atoms with E-state index in [1.54, 1.807) is 18.5 Å². The van der Waals surface area contributed by atoms with Crippen LogP contribution in [0.2, 0.25) is 0 Å². The molecule has 0 unspecified atom stereocenters. The molecule has 0 atom stereocenters. The Bertz CT molecular complexity index is 1510. The Hall–Kier alpha value is -5.00. The van der Waals surface area contributed by atoms with E-state index in [1.807, 2.05) is 0 Å². The quantitative estimate of drug-likeness (QED) is 0.272. The zero-order valence-corrected chi connectivity index (χ0v) is 17.9. The second-order valence-electron chi connectivity index (χ2n) is 7.48. The molecule has 0 aliphatic rings. The van der Waals surface area contributed by atoms with E-state index in [4.69, 9.17) is 10.2 Å². The lowest BCUT2D eigenvalue weighted by molar-refractivity contribution is 0.0681. The summed E-state index contributed by atoms with van der Waals surface area (Å²) in [6.45, 7) is 0.272. The zero-order valence-electron chi connectivity index (χ0n) is 17.9. The number of H-pyrrole nitrogens is 1. The number of fused-ring (bicyclic) bond motifs is 1. The number of anilines is 1. The summed E-state index contributed by atoms with van der Waals surface area (Å²) in [6, 6.07) is 9.37. The number of urea groups is 1. The topological polar surface area (TPSA) is 166 Å². The lowest BCUT2D eigenvalue weighted by atomic mass is 10.2. The predicted octanol–water partition coefficient (Wildman–Crippen LogP) is 2.61. The molecule has 2 aromatic carbocycles. The highest BCUT2D eigenvalue weighted by Gasteiger charge is 2.15. The number of carbonyl (C=O) groups is 3. The highest BCUT2D eigenvalue weighted by Crippen LogP contribution is 2.20. The number of halogens is 1. The number of aromatic carboxylic acids is 2. The molecule has 2 aromatic heterocycles. The molecule has 178 valence electrons. The molecule has 12 heteroatoms. The van der Waals surface area contributed by atoms with E-state index in [9.17, 15) is 23.6 Å². The molecule has 5 N–H and O–H groups in total. The van der Waals surface area contributed by atoms with Gasteiger partial charge in [0.05, 0.1) is 22.3 Å². The SMILES string of the molecule is O=C(NCCc1ccn(-c2cc3nc(C(=O)O)c(=O)[nH]c3cc2F)c1)Nc1ccc(C(=O)O)cc1. The highest BCUT2D eigenvalue weighted by atomic mass is 19.1. The normalized spacial score (nSPS) is 10.8. The van der Waals surface area contributed by atoms with Crippen LogP contribution in [-0.4, -0.2) is 49.3 Å². The number of amides is 2. The highest BCUT2D eigenvalue weighted by molar-refractivity contribution is 5.91. The van der Waals surface area contributed by atoms with Gasteiger partial charge in [-0.15, -0.1) is 0 Å². The number of nitrogens with zero attached hydrogens (tertiary/aromatic N) is 2. The minimum Gasteiger partial charge on any atom is -0.478 e. The minimum atomic E-state index is -1.49. The average Bonchev–Trinajstić information content (AvgIpc) is 3.27. The number of carboxylic acids is 2. The summed E-state index contributed by atoms with van der Waals surface area (Å²) in [5, 5.41) is 23.3. The van der Waals surface area contributed by atoms with Crippen LogP contribution < -0.4 is 16.2 Å². The van der Waals surface area contributed by atoms with Crippen molar-refractivity contribution in [1.82, 2.24) is 19.9 Å². The maximum Gasteiger partial charge on any atom is 0.360 e. The van der Waals surface area contributed by atoms with Gasteiger partial charge in [-0.2, -0.15) is 0 Å². The summed E-state index contributed by atoms with van der Waals surface area (Å²) < 4.78 is 16.1. The Morgan fingerprint density at radius 2 is 1.80 bits per heavy atom. The third kappa shape index (κ3) is 5.16. The van der Waals surface area contributed by atoms with Crippen molar-refractivity contribution in [3.8, 4) is 5.69 Å². The molecule has 0 aliphatic carbocycles. The summed E-state index contributed by atoms with van der Waals surface area (Å²) >= 11 is 0. The van der Waals surface area contributed by atoms with E-state index in [2.05, 4.69) is 20.6 Å². The van der Waals surface area contributed by atoms with Gasteiger partial charge in [0.25, 0.3) is 5.56 Å². The third-order valence-corrected chi connectivity index (χ3v) is 5.08. The Kier molecular flexibility index (Phi) is 6.27. The predicted molar refractivity (Wildman–Crippen MR) is 123 cm³/mol. The minimum absolute atomic E-state index is 0.0708. The van der Waals surface area contributed by atoms with Gasteiger partial charge in [0.15, 0.2) is 0 Å². The number of rotatable bonds is 7. The van der Waals surface area contributed by atoms with Crippen molar-refractivity contribution in [2.24, 2.45) is 0 Å². The second kappa shape index (κ2) is 9.47. The molecular weight excluding hydrogens is 461 g/mol. The number of nitrogens with one attached hydrogen (secondary N) is 3. The van der Waals surface area contributed by atoms with E-state index in [1.165, 1.54) is 34.9 Å². The van der Waals surface area contributed by atoms with Crippen molar-refractivity contribution in [1.29, 1.82) is 0 Å². The van der Waals surface area contributed by atoms with Crippen molar-refractivity contribution >= 4 is 34.7 Å². The molecule has 0 bridgehead atoms. The maximum absolute atomic E-state index is 14.7. The largest absolute Gasteiger partial charge is 0.478 e. The molecule has 2 heterocycles. The first kappa shape index (κ1) is 23.2. The standard InChI is InChI=1S/C23H18FN5O6/c24-15-9-16-17(27-19(22(33)34)20(30)28-16)10-18(15)29-8-6-12(11-29)5-7-25-23(35)26-14-3-1-13(2-4-14)21(31)32/h1-4,6,8-11H,5,7H2,(H,28,30)(H,31,32)(H,33,34)(H2,25,26,35). The Balaban J connectivity index is 1.40. The van der Waals surface area contributed by atoms with Gasteiger partial charge in [-0.25, -0.2) is 23.8 Å². The molecule has 4 aromatic rings. The molecule has 0 radical (unpaired) electrons. The molecule has 0 spiro atoms. The van der Waals surface area contributed by atoms with Gasteiger partial charge in [-0.3, -0.25) is 4.79 Å². The van der Waals surface area contributed by atoms with Crippen LogP contribution in [0, 0.1) is 5.82 Å². The van der Waals surface area contributed by atoms with Gasteiger partial charge in [0.2, 0.25) is 5.69 Å². The lowest BCUT2D eigenvalue weighted by Gasteiger charge is -2.08. The molecule has 0 aliphatic heterocycles. The van der Waals surface area contributed by atoms with E-state index < -0.39 is 35.0 Å². The van der Waals surface area contributed by atoms with Crippen molar-refractivity contribution in [2.45, 2.75) is 6.42 Å². The molecule has 2 amide bonds. The Morgan fingerprint density at radius 1 is 1.06 bits per heavy atom. The first-order chi connectivity index (χ1) is 16.7. The first-order valence-corrected chi connectivity index (χ1v) is 10.2. The van der Waals surface area contributed by atoms with Crippen molar-refractivity contribution in [3.63, 3.8) is 0 Å². The van der Waals surface area contributed by atoms with Crippen LogP contribution in [0.25, 0.3) is 16.7 Å². The first-order valence-electron chi connectivity index (χ1n) is 10.2. The Morgan fingerprint density at radius 3 is 2.49 bits per heavy atom. The van der Waals surface area contributed by atoms with E-state index in [-0.39, 0.29) is 28.8 Å². The van der Waals surface area contributed by atoms with Gasteiger partial charge in [0.1, 0.15) is 5.82 Å². The molecule has 11 nitrogen and oxygen atoms in total. The fraction of sp³-hybridized carbons (Fsp3) is 0.0870. The van der Waals surface area contributed by atoms with Crippen LogP contribution >= 0.6 is 0 Å². The van der Waals surface area contributed by atoms with Crippen molar-refractivity contribution in [3.05, 3.63) is 87.9 Å². The van der Waals surface area contributed by atoms with Crippen LogP contribution in [-0.2, 0) is 6.42 Å². The molecule has 4 rings (SSSR count). The maximum atomic E-state index is 14.7. The van der Waals surface area contributed by atoms with E-state index in [0.29, 0.717) is 12.1 Å². The fourth-order valence-corrected chi connectivity index (χ4v) is 3.37. The van der Waals surface area contributed by atoms with Gasteiger partial charge in [0, 0.05) is 30.7 Å². The average molecular weight is 479 g/mol. The molecule has 35 heavy (non-hydrogen) atoms. The monoisotopic (exact) mass is 479 g/mol.